The van der Waals surface area contributed by atoms with Crippen LogP contribution in [0.3, 0.4) is 0 Å². The van der Waals surface area contributed by atoms with Crippen LogP contribution in [0.25, 0.3) is 33.9 Å². The van der Waals surface area contributed by atoms with Gasteiger partial charge < -0.3 is 9.51 Å². The highest BCUT2D eigenvalue weighted by Crippen LogP contribution is 2.50. The Kier molecular flexibility index (Phi) is 4.55. The number of aromatic amines is 1. The number of rotatable bonds is 4. The SMILES string of the molecule is CC1C2CCC(CC2)C1Cc1nc(-c2c[nH]c3ncc(F)cc23)nc(-c2ccno2)c1F. The predicted octanol–water partition coefficient (Wildman–Crippen LogP) is 5.57. The molecule has 4 aromatic heterocycles. The fourth-order valence-electron chi connectivity index (χ4n) is 5.87. The van der Waals surface area contributed by atoms with Gasteiger partial charge in [-0.2, -0.15) is 0 Å². The molecule has 4 heterocycles. The van der Waals surface area contributed by atoms with Crippen LogP contribution in [0.15, 0.2) is 35.2 Å². The third-order valence-electron chi connectivity index (χ3n) is 7.60. The van der Waals surface area contributed by atoms with Crippen molar-refractivity contribution in [2.75, 3.05) is 0 Å². The largest absolute Gasteiger partial charge is 0.355 e. The molecular weight excluding hydrogens is 412 g/mol. The molecule has 4 aromatic rings. The zero-order valence-electron chi connectivity index (χ0n) is 17.7. The van der Waals surface area contributed by atoms with Crippen LogP contribution in [0.5, 0.6) is 0 Å². The van der Waals surface area contributed by atoms with Gasteiger partial charge in [0.1, 0.15) is 17.2 Å². The highest BCUT2D eigenvalue weighted by molar-refractivity contribution is 5.91. The first-order chi connectivity index (χ1) is 15.6. The number of hydrogen-bond acceptors (Lipinski definition) is 5. The van der Waals surface area contributed by atoms with Crippen LogP contribution in [0, 0.1) is 35.3 Å². The zero-order valence-corrected chi connectivity index (χ0v) is 17.7. The smallest absolute Gasteiger partial charge is 0.188 e. The van der Waals surface area contributed by atoms with Crippen LogP contribution in [0.4, 0.5) is 8.78 Å². The van der Waals surface area contributed by atoms with Gasteiger partial charge in [0.15, 0.2) is 17.4 Å². The Hall–Kier alpha value is -3.16. The quantitative estimate of drug-likeness (QED) is 0.453. The summed E-state index contributed by atoms with van der Waals surface area (Å²) in [6.07, 6.45) is 9.82. The summed E-state index contributed by atoms with van der Waals surface area (Å²) in [6, 6.07) is 2.97. The molecule has 0 spiro atoms. The van der Waals surface area contributed by atoms with Crippen LogP contribution >= 0.6 is 0 Å². The summed E-state index contributed by atoms with van der Waals surface area (Å²) in [5.74, 6) is 1.89. The molecule has 3 aliphatic rings. The van der Waals surface area contributed by atoms with Crippen LogP contribution in [-0.4, -0.2) is 25.1 Å². The molecule has 0 saturated heterocycles. The van der Waals surface area contributed by atoms with Crippen molar-refractivity contribution in [3.05, 3.63) is 48.1 Å². The first kappa shape index (κ1) is 19.5. The number of aromatic nitrogens is 5. The molecule has 0 radical (unpaired) electrons. The molecule has 2 atom stereocenters. The van der Waals surface area contributed by atoms with E-state index < -0.39 is 11.6 Å². The molecule has 164 valence electrons. The van der Waals surface area contributed by atoms with Crippen molar-refractivity contribution in [1.82, 2.24) is 25.1 Å². The van der Waals surface area contributed by atoms with Gasteiger partial charge in [-0.15, -0.1) is 0 Å². The average Bonchev–Trinajstić information content (AvgIpc) is 3.48. The molecule has 0 aromatic carbocycles. The number of pyridine rings is 1. The monoisotopic (exact) mass is 435 g/mol. The number of nitrogens with zero attached hydrogens (tertiary/aromatic N) is 4. The molecule has 3 fully saturated rings. The molecule has 3 aliphatic carbocycles. The second kappa shape index (κ2) is 7.46. The molecule has 2 unspecified atom stereocenters. The molecule has 3 saturated carbocycles. The minimum Gasteiger partial charge on any atom is -0.355 e. The fraction of sp³-hybridized carbons (Fsp3) is 0.417. The molecule has 32 heavy (non-hydrogen) atoms. The second-order valence-electron chi connectivity index (χ2n) is 9.19. The normalized spacial score (nSPS) is 25.0. The Bertz CT molecular complexity index is 1280. The summed E-state index contributed by atoms with van der Waals surface area (Å²) in [4.78, 5) is 16.2. The standard InChI is InChI=1S/C24H23F2N5O/c1-12-13-2-4-14(5-3-13)16(12)9-19-21(26)22(20-6-7-29-32-20)31-24(30-19)18-11-28-23-17(18)8-15(25)10-27-23/h6-8,10-14,16H,2-5,9H2,1H3,(H,27,28). The first-order valence-corrected chi connectivity index (χ1v) is 11.2. The van der Waals surface area contributed by atoms with E-state index in [4.69, 9.17) is 4.52 Å². The van der Waals surface area contributed by atoms with Crippen molar-refractivity contribution in [2.24, 2.45) is 23.7 Å². The Labute approximate surface area is 183 Å². The lowest BCUT2D eigenvalue weighted by Crippen LogP contribution is -2.39. The topological polar surface area (TPSA) is 80.5 Å². The van der Waals surface area contributed by atoms with Gasteiger partial charge in [0.25, 0.3) is 0 Å². The molecular formula is C24H23F2N5O. The Morgan fingerprint density at radius 1 is 1.12 bits per heavy atom. The molecule has 8 heteroatoms. The number of hydrogen-bond donors (Lipinski definition) is 1. The van der Waals surface area contributed by atoms with E-state index in [-0.39, 0.29) is 11.5 Å². The van der Waals surface area contributed by atoms with Gasteiger partial charge in [-0.1, -0.05) is 12.1 Å². The van der Waals surface area contributed by atoms with E-state index in [2.05, 4.69) is 32.0 Å². The van der Waals surface area contributed by atoms with Gasteiger partial charge in [0, 0.05) is 23.2 Å². The second-order valence-corrected chi connectivity index (χ2v) is 9.19. The number of nitrogens with one attached hydrogen (secondary N) is 1. The van der Waals surface area contributed by atoms with E-state index in [1.165, 1.54) is 37.9 Å². The van der Waals surface area contributed by atoms with Crippen LogP contribution in [0.2, 0.25) is 0 Å². The zero-order chi connectivity index (χ0) is 21.8. The molecule has 7 rings (SSSR count). The molecule has 6 nitrogen and oxygen atoms in total. The number of halogens is 2. The van der Waals surface area contributed by atoms with E-state index >= 15 is 4.39 Å². The molecule has 0 amide bonds. The molecule has 0 aliphatic heterocycles. The minimum atomic E-state index is -0.469. The third kappa shape index (κ3) is 3.12. The number of fused-ring (bicyclic) bond motifs is 4. The average molecular weight is 435 g/mol. The van der Waals surface area contributed by atoms with E-state index in [1.54, 1.807) is 12.3 Å². The lowest BCUT2D eigenvalue weighted by molar-refractivity contribution is 0.0334. The van der Waals surface area contributed by atoms with E-state index in [0.717, 1.165) is 6.20 Å². The summed E-state index contributed by atoms with van der Waals surface area (Å²) >= 11 is 0. The summed E-state index contributed by atoms with van der Waals surface area (Å²) in [6.45, 7) is 2.30. The van der Waals surface area contributed by atoms with Gasteiger partial charge >= 0.3 is 0 Å². The Morgan fingerprint density at radius 2 is 1.94 bits per heavy atom. The molecule has 2 bridgehead atoms. The lowest BCUT2D eigenvalue weighted by Gasteiger charge is -2.47. The fourth-order valence-corrected chi connectivity index (χ4v) is 5.87. The van der Waals surface area contributed by atoms with Crippen molar-refractivity contribution < 1.29 is 13.3 Å². The molecule has 1 N–H and O–H groups in total. The maximum absolute atomic E-state index is 15.7. The van der Waals surface area contributed by atoms with Gasteiger partial charge in [0.05, 0.1) is 18.1 Å². The highest BCUT2D eigenvalue weighted by atomic mass is 19.1. The van der Waals surface area contributed by atoms with E-state index in [9.17, 15) is 4.39 Å². The number of H-pyrrole nitrogens is 1. The minimum absolute atomic E-state index is 0.0786. The summed E-state index contributed by atoms with van der Waals surface area (Å²) < 4.78 is 34.8. The van der Waals surface area contributed by atoms with Crippen LogP contribution in [-0.2, 0) is 6.42 Å². The first-order valence-electron chi connectivity index (χ1n) is 11.2. The van der Waals surface area contributed by atoms with Crippen molar-refractivity contribution >= 4 is 11.0 Å². The van der Waals surface area contributed by atoms with E-state index in [1.807, 2.05) is 0 Å². The lowest BCUT2D eigenvalue weighted by atomic mass is 9.58. The van der Waals surface area contributed by atoms with Gasteiger partial charge in [-0.3, -0.25) is 0 Å². The van der Waals surface area contributed by atoms with Crippen LogP contribution in [0.1, 0.15) is 38.3 Å². The third-order valence-corrected chi connectivity index (χ3v) is 7.60. The maximum atomic E-state index is 15.7. The maximum Gasteiger partial charge on any atom is 0.188 e. The Morgan fingerprint density at radius 3 is 2.69 bits per heavy atom. The Balaban J connectivity index is 1.48. The van der Waals surface area contributed by atoms with Crippen molar-refractivity contribution in [2.45, 2.75) is 39.0 Å². The van der Waals surface area contributed by atoms with E-state index in [0.29, 0.717) is 58.2 Å². The highest BCUT2D eigenvalue weighted by Gasteiger charge is 2.41. The van der Waals surface area contributed by atoms with Gasteiger partial charge in [0.2, 0.25) is 0 Å². The van der Waals surface area contributed by atoms with Gasteiger partial charge in [-0.05, 0) is 61.8 Å². The van der Waals surface area contributed by atoms with Crippen molar-refractivity contribution in [1.29, 1.82) is 0 Å². The van der Waals surface area contributed by atoms with Gasteiger partial charge in [-0.25, -0.2) is 23.7 Å². The summed E-state index contributed by atoms with van der Waals surface area (Å²) in [7, 11) is 0. The van der Waals surface area contributed by atoms with Crippen molar-refractivity contribution in [3.63, 3.8) is 0 Å². The van der Waals surface area contributed by atoms with Crippen LogP contribution < -0.4 is 0 Å². The summed E-state index contributed by atoms with van der Waals surface area (Å²) in [5.41, 5.74) is 1.56. The predicted molar refractivity (Wildman–Crippen MR) is 114 cm³/mol. The summed E-state index contributed by atoms with van der Waals surface area (Å²) in [5, 5.41) is 4.27. The van der Waals surface area contributed by atoms with Crippen molar-refractivity contribution in [3.8, 4) is 22.8 Å².